The molecule has 0 amide bonds. The average molecular weight is 163 g/mol. The number of likely N-dealkylation sites (N-methyl/N-ethyl adjacent to an activating group) is 1. The Morgan fingerprint density at radius 1 is 1.82 bits per heavy atom. The summed E-state index contributed by atoms with van der Waals surface area (Å²) in [7, 11) is 2.78. The molecule has 6 nitrogen and oxygen atoms in total. The number of nitrogens with zero attached hydrogens (tertiary/aromatic N) is 3. The Bertz CT molecular complexity index is 137. The lowest BCUT2D eigenvalue weighted by Gasteiger charge is -2.13. The lowest BCUT2D eigenvalue weighted by Crippen LogP contribution is -2.32. The third kappa shape index (κ3) is 4.38. The monoisotopic (exact) mass is 163 g/mol. The molecule has 0 saturated heterocycles. The summed E-state index contributed by atoms with van der Waals surface area (Å²) in [5, 5.41) is 23.8. The average Bonchev–Trinajstić information content (AvgIpc) is 1.86. The highest BCUT2D eigenvalue weighted by Crippen LogP contribution is 1.89. The quantitative estimate of drug-likeness (QED) is 0.352. The van der Waals surface area contributed by atoms with Crippen molar-refractivity contribution in [2.45, 2.75) is 13.0 Å². The summed E-state index contributed by atoms with van der Waals surface area (Å²) in [5.41, 5.74) is 0. The van der Waals surface area contributed by atoms with Gasteiger partial charge in [-0.3, -0.25) is 0 Å². The van der Waals surface area contributed by atoms with E-state index in [9.17, 15) is 5.21 Å². The molecule has 6 heteroatoms. The van der Waals surface area contributed by atoms with Crippen molar-refractivity contribution in [1.29, 1.82) is 0 Å². The Morgan fingerprint density at radius 3 is 2.73 bits per heavy atom. The molecule has 11 heavy (non-hydrogen) atoms. The smallest absolute Gasteiger partial charge is 0.232 e. The van der Waals surface area contributed by atoms with Gasteiger partial charge >= 0.3 is 0 Å². The molecule has 0 heterocycles. The van der Waals surface area contributed by atoms with E-state index in [1.165, 1.54) is 19.2 Å². The largest absolute Gasteiger partial charge is 0.569 e. The first-order valence-electron chi connectivity index (χ1n) is 3.18. The predicted octanol–water partition coefficient (Wildman–Crippen LogP) is -0.262. The molecule has 0 aliphatic carbocycles. The van der Waals surface area contributed by atoms with E-state index in [0.717, 1.165) is 0 Å². The molecule has 0 spiro atoms. The minimum Gasteiger partial charge on any atom is -0.569 e. The fourth-order valence-electron chi connectivity index (χ4n) is 0.584. The zero-order valence-corrected chi connectivity index (χ0v) is 6.89. The fraction of sp³-hybridized carbons (Fsp3) is 1.00. The van der Waals surface area contributed by atoms with Gasteiger partial charge in [-0.05, 0) is 6.92 Å². The van der Waals surface area contributed by atoms with Gasteiger partial charge in [-0.25, -0.2) is 0 Å². The van der Waals surface area contributed by atoms with Crippen LogP contribution in [0.15, 0.2) is 5.28 Å². The van der Waals surface area contributed by atoms with E-state index < -0.39 is 6.10 Å². The first kappa shape index (κ1) is 9.96. The predicted molar refractivity (Wildman–Crippen MR) is 37.4 cm³/mol. The summed E-state index contributed by atoms with van der Waals surface area (Å²) in [6.07, 6.45) is -0.566. The van der Waals surface area contributed by atoms with E-state index in [2.05, 4.69) is 10.1 Å². The highest BCUT2D eigenvalue weighted by atomic mass is 16.7. The van der Waals surface area contributed by atoms with Crippen LogP contribution in [0.2, 0.25) is 0 Å². The van der Waals surface area contributed by atoms with Gasteiger partial charge < -0.3 is 15.2 Å². The standard InChI is InChI=1S/C5H13N3O3/c1-5(9)4-7(2)8(10)6-11-3/h5,9H,4H2,1-3H3. The van der Waals surface area contributed by atoms with Crippen LogP contribution >= 0.6 is 0 Å². The minimum atomic E-state index is -0.566. The van der Waals surface area contributed by atoms with Crippen molar-refractivity contribution in [3.63, 3.8) is 0 Å². The zero-order chi connectivity index (χ0) is 8.85. The van der Waals surface area contributed by atoms with Crippen LogP contribution in [0.1, 0.15) is 6.92 Å². The SMILES string of the molecule is CON=[N+]([O-])N(C)CC(C)O. The molecule has 1 atom stereocenters. The molecular weight excluding hydrogens is 150 g/mol. The fourth-order valence-corrected chi connectivity index (χ4v) is 0.584. The van der Waals surface area contributed by atoms with Gasteiger partial charge in [0.2, 0.25) is 5.28 Å². The molecule has 0 fully saturated rings. The normalized spacial score (nSPS) is 14.4. The first-order valence-corrected chi connectivity index (χ1v) is 3.18. The number of aliphatic hydroxyl groups is 1. The van der Waals surface area contributed by atoms with E-state index >= 15 is 0 Å². The van der Waals surface area contributed by atoms with Crippen LogP contribution in [0.4, 0.5) is 0 Å². The van der Waals surface area contributed by atoms with E-state index in [0.29, 0.717) is 0 Å². The molecule has 0 radical (unpaired) electrons. The second-order valence-corrected chi connectivity index (χ2v) is 2.21. The van der Waals surface area contributed by atoms with Crippen molar-refractivity contribution >= 4 is 0 Å². The molecule has 66 valence electrons. The summed E-state index contributed by atoms with van der Waals surface area (Å²) in [5.74, 6) is 0. The molecule has 0 aromatic rings. The molecule has 0 saturated carbocycles. The topological polar surface area (TPSA) is 71.1 Å². The molecule has 0 aliphatic rings. The van der Waals surface area contributed by atoms with Gasteiger partial charge in [0.25, 0.3) is 0 Å². The highest BCUT2D eigenvalue weighted by molar-refractivity contribution is 4.44. The molecular formula is C5H13N3O3. The Kier molecular flexibility index (Phi) is 4.28. The number of hydrogen-bond acceptors (Lipinski definition) is 4. The molecule has 0 aromatic heterocycles. The Hall–Kier alpha value is -1.04. The van der Waals surface area contributed by atoms with Crippen molar-refractivity contribution in [2.24, 2.45) is 5.28 Å². The second-order valence-electron chi connectivity index (χ2n) is 2.21. The van der Waals surface area contributed by atoms with Gasteiger partial charge in [0.15, 0.2) is 0 Å². The number of hydrogen-bond donors (Lipinski definition) is 1. The summed E-state index contributed by atoms with van der Waals surface area (Å²) >= 11 is 0. The molecule has 0 rings (SSSR count). The van der Waals surface area contributed by atoms with E-state index in [4.69, 9.17) is 5.11 Å². The van der Waals surface area contributed by atoms with Crippen molar-refractivity contribution in [1.82, 2.24) is 5.01 Å². The van der Waals surface area contributed by atoms with Crippen molar-refractivity contribution in [2.75, 3.05) is 20.7 Å². The van der Waals surface area contributed by atoms with Crippen molar-refractivity contribution in [3.05, 3.63) is 5.21 Å². The lowest BCUT2D eigenvalue weighted by atomic mass is 10.4. The second kappa shape index (κ2) is 4.73. The van der Waals surface area contributed by atoms with Gasteiger partial charge in [0.05, 0.1) is 18.1 Å². The van der Waals surface area contributed by atoms with Gasteiger partial charge in [-0.1, -0.05) is 0 Å². The lowest BCUT2D eigenvalue weighted by molar-refractivity contribution is -0.705. The van der Waals surface area contributed by atoms with Crippen LogP contribution in [0.3, 0.4) is 0 Å². The Balaban J connectivity index is 3.82. The maximum Gasteiger partial charge on any atom is 0.232 e. The number of aliphatic hydroxyl groups excluding tert-OH is 1. The van der Waals surface area contributed by atoms with Crippen molar-refractivity contribution < 1.29 is 14.9 Å². The van der Waals surface area contributed by atoms with Gasteiger partial charge in [-0.15, -0.1) is 5.01 Å². The third-order valence-electron chi connectivity index (χ3n) is 0.972. The van der Waals surface area contributed by atoms with Crippen LogP contribution in [-0.2, 0) is 4.84 Å². The minimum absolute atomic E-state index is 0.219. The van der Waals surface area contributed by atoms with Crippen molar-refractivity contribution in [3.8, 4) is 0 Å². The molecule has 1 unspecified atom stereocenters. The van der Waals surface area contributed by atoms with Gasteiger partial charge in [0, 0.05) is 0 Å². The van der Waals surface area contributed by atoms with E-state index in [1.54, 1.807) is 6.92 Å². The Morgan fingerprint density at radius 2 is 2.36 bits per heavy atom. The molecule has 0 aliphatic heterocycles. The Labute approximate surface area is 65.2 Å². The maximum absolute atomic E-state index is 10.7. The summed E-state index contributed by atoms with van der Waals surface area (Å²) in [6, 6.07) is 0. The van der Waals surface area contributed by atoms with Crippen LogP contribution in [0.5, 0.6) is 0 Å². The van der Waals surface area contributed by atoms with Crippen LogP contribution in [-0.4, -0.2) is 41.9 Å². The zero-order valence-electron chi connectivity index (χ0n) is 6.89. The first-order chi connectivity index (χ1) is 5.07. The van der Waals surface area contributed by atoms with E-state index in [1.807, 2.05) is 0 Å². The highest BCUT2D eigenvalue weighted by Gasteiger charge is 2.08. The van der Waals surface area contributed by atoms with Crippen LogP contribution < -0.4 is 0 Å². The third-order valence-corrected chi connectivity index (χ3v) is 0.972. The van der Waals surface area contributed by atoms with Crippen LogP contribution in [0.25, 0.3) is 0 Å². The van der Waals surface area contributed by atoms with Crippen LogP contribution in [0, 0.1) is 5.21 Å². The van der Waals surface area contributed by atoms with E-state index in [-0.39, 0.29) is 11.5 Å². The summed E-state index contributed by atoms with van der Waals surface area (Å²) in [4.78, 5) is 4.49. The maximum atomic E-state index is 10.7. The van der Waals surface area contributed by atoms with Gasteiger partial charge in [0.1, 0.15) is 13.7 Å². The molecule has 1 N–H and O–H groups in total. The number of hydrazine groups is 1. The summed E-state index contributed by atoms with van der Waals surface area (Å²) < 4.78 is 0. The number of rotatable bonds is 4. The molecule has 0 aromatic carbocycles. The summed E-state index contributed by atoms with van der Waals surface area (Å²) in [6.45, 7) is 1.80. The molecule has 0 bridgehead atoms. The van der Waals surface area contributed by atoms with Gasteiger partial charge in [-0.2, -0.15) is 0 Å².